The Balaban J connectivity index is 1.53. The van der Waals surface area contributed by atoms with E-state index in [9.17, 15) is 14.7 Å². The Morgan fingerprint density at radius 1 is 1.15 bits per heavy atom. The molecule has 174 valence electrons. The van der Waals surface area contributed by atoms with Crippen molar-refractivity contribution in [3.63, 3.8) is 0 Å². The Bertz CT molecular complexity index is 1100. The van der Waals surface area contributed by atoms with Crippen LogP contribution in [-0.4, -0.2) is 39.0 Å². The summed E-state index contributed by atoms with van der Waals surface area (Å²) in [6.07, 6.45) is 8.26. The number of hydrogen-bond acceptors (Lipinski definition) is 4. The number of benzene rings is 1. The van der Waals surface area contributed by atoms with E-state index in [0.29, 0.717) is 41.7 Å². The molecule has 0 bridgehead atoms. The smallest absolute Gasteiger partial charge is 0.305 e. The number of carboxylic acids is 1. The highest BCUT2D eigenvalue weighted by molar-refractivity contribution is 5.95. The molecule has 2 N–H and O–H groups in total. The fourth-order valence-corrected chi connectivity index (χ4v) is 4.64. The molecule has 0 radical (unpaired) electrons. The summed E-state index contributed by atoms with van der Waals surface area (Å²) in [4.78, 5) is 29.3. The van der Waals surface area contributed by atoms with Crippen LogP contribution in [0.3, 0.4) is 0 Å². The van der Waals surface area contributed by atoms with Gasteiger partial charge in [-0.25, -0.2) is 4.98 Å². The van der Waals surface area contributed by atoms with Gasteiger partial charge in [-0.05, 0) is 49.8 Å². The minimum absolute atomic E-state index is 0.161. The number of fused-ring (bicyclic) bond motifs is 1. The molecule has 1 fully saturated rings. The number of aromatic nitrogens is 2. The first kappa shape index (κ1) is 22.8. The van der Waals surface area contributed by atoms with E-state index in [2.05, 4.69) is 10.3 Å². The van der Waals surface area contributed by atoms with E-state index in [1.54, 1.807) is 17.5 Å². The summed E-state index contributed by atoms with van der Waals surface area (Å²) in [6.45, 7) is 2.45. The van der Waals surface area contributed by atoms with Gasteiger partial charge < -0.3 is 15.2 Å². The molecule has 2 aromatic heterocycles. The van der Waals surface area contributed by atoms with Gasteiger partial charge in [0, 0.05) is 12.2 Å². The van der Waals surface area contributed by atoms with Crippen molar-refractivity contribution in [3.8, 4) is 5.75 Å². The highest BCUT2D eigenvalue weighted by Gasteiger charge is 2.23. The maximum absolute atomic E-state index is 13.2. The molecule has 1 aliphatic carbocycles. The molecule has 0 saturated heterocycles. The van der Waals surface area contributed by atoms with Crippen LogP contribution >= 0.6 is 0 Å². The molecular weight excluding hydrogens is 418 g/mol. The number of carboxylic acid groups (broad SMARTS) is 1. The number of aliphatic carboxylic acids is 1. The Morgan fingerprint density at radius 2 is 1.91 bits per heavy atom. The van der Waals surface area contributed by atoms with Gasteiger partial charge in [0.15, 0.2) is 11.4 Å². The molecule has 3 aromatic rings. The Hall–Kier alpha value is -3.35. The Kier molecular flexibility index (Phi) is 7.27. The van der Waals surface area contributed by atoms with Gasteiger partial charge in [0.2, 0.25) is 0 Å². The summed E-state index contributed by atoms with van der Waals surface area (Å²) in [6, 6.07) is 12.8. The van der Waals surface area contributed by atoms with Crippen LogP contribution in [-0.2, 0) is 11.2 Å². The van der Waals surface area contributed by atoms with Gasteiger partial charge in [-0.1, -0.05) is 49.6 Å². The third-order valence-corrected chi connectivity index (χ3v) is 6.28. The molecule has 7 nitrogen and oxygen atoms in total. The second-order valence-corrected chi connectivity index (χ2v) is 8.88. The minimum atomic E-state index is -0.954. The van der Waals surface area contributed by atoms with Gasteiger partial charge in [0.25, 0.3) is 5.91 Å². The molecule has 1 amide bonds. The molecule has 0 spiro atoms. The SMILES string of the molecule is Cc1nc2c(OCC3CCCCC3)cccn2c1C(=O)N[C@@H](CC(=O)O)Cc1ccccc1. The van der Waals surface area contributed by atoms with E-state index in [1.165, 1.54) is 32.1 Å². The lowest BCUT2D eigenvalue weighted by Gasteiger charge is -2.21. The Morgan fingerprint density at radius 3 is 2.64 bits per heavy atom. The summed E-state index contributed by atoms with van der Waals surface area (Å²) >= 11 is 0. The molecule has 0 aliphatic heterocycles. The lowest BCUT2D eigenvalue weighted by atomic mass is 9.90. The van der Waals surface area contributed by atoms with E-state index in [1.807, 2.05) is 42.5 Å². The second-order valence-electron chi connectivity index (χ2n) is 8.88. The summed E-state index contributed by atoms with van der Waals surface area (Å²) < 4.78 is 7.86. The molecule has 33 heavy (non-hydrogen) atoms. The third-order valence-electron chi connectivity index (χ3n) is 6.28. The van der Waals surface area contributed by atoms with Crippen LogP contribution in [0.5, 0.6) is 5.75 Å². The Labute approximate surface area is 193 Å². The first-order valence-corrected chi connectivity index (χ1v) is 11.7. The summed E-state index contributed by atoms with van der Waals surface area (Å²) in [5.74, 6) is -0.0692. The second kappa shape index (κ2) is 10.5. The molecule has 0 unspecified atom stereocenters. The maximum Gasteiger partial charge on any atom is 0.305 e. The molecule has 1 aliphatic rings. The van der Waals surface area contributed by atoms with Gasteiger partial charge >= 0.3 is 5.97 Å². The lowest BCUT2D eigenvalue weighted by Crippen LogP contribution is -2.38. The summed E-state index contributed by atoms with van der Waals surface area (Å²) in [5.41, 5.74) is 2.55. The van der Waals surface area contributed by atoms with Crippen LogP contribution in [0.2, 0.25) is 0 Å². The van der Waals surface area contributed by atoms with Gasteiger partial charge in [0.1, 0.15) is 5.69 Å². The molecule has 7 heteroatoms. The highest BCUT2D eigenvalue weighted by Crippen LogP contribution is 2.27. The number of carbonyl (C=O) groups excluding carboxylic acids is 1. The van der Waals surface area contributed by atoms with Crippen LogP contribution in [0.4, 0.5) is 0 Å². The van der Waals surface area contributed by atoms with Gasteiger partial charge in [-0.3, -0.25) is 14.0 Å². The summed E-state index contributed by atoms with van der Waals surface area (Å²) in [5, 5.41) is 12.3. The largest absolute Gasteiger partial charge is 0.489 e. The van der Waals surface area contributed by atoms with Crippen molar-refractivity contribution >= 4 is 17.5 Å². The number of carbonyl (C=O) groups is 2. The lowest BCUT2D eigenvalue weighted by molar-refractivity contribution is -0.137. The van der Waals surface area contributed by atoms with Crippen LogP contribution in [0.1, 0.15) is 60.3 Å². The molecular formula is C26H31N3O4. The van der Waals surface area contributed by atoms with E-state index >= 15 is 0 Å². The molecule has 1 atom stereocenters. The highest BCUT2D eigenvalue weighted by atomic mass is 16.5. The predicted octanol–water partition coefficient (Wildman–Crippen LogP) is 4.42. The van der Waals surface area contributed by atoms with Crippen LogP contribution < -0.4 is 10.1 Å². The number of aryl methyl sites for hydroxylation is 1. The summed E-state index contributed by atoms with van der Waals surface area (Å²) in [7, 11) is 0. The van der Waals surface area contributed by atoms with Crippen molar-refractivity contribution in [2.24, 2.45) is 5.92 Å². The number of imidazole rings is 1. The quantitative estimate of drug-likeness (QED) is 0.505. The first-order valence-electron chi connectivity index (χ1n) is 11.7. The fraction of sp³-hybridized carbons (Fsp3) is 0.423. The van der Waals surface area contributed by atoms with Crippen LogP contribution in [0.15, 0.2) is 48.7 Å². The molecule has 1 aromatic carbocycles. The average molecular weight is 450 g/mol. The first-order chi connectivity index (χ1) is 16.0. The topological polar surface area (TPSA) is 92.9 Å². The number of nitrogens with zero attached hydrogens (tertiary/aromatic N) is 2. The number of hydrogen-bond donors (Lipinski definition) is 2. The van der Waals surface area contributed by atoms with E-state index in [4.69, 9.17) is 4.74 Å². The van der Waals surface area contributed by atoms with E-state index < -0.39 is 12.0 Å². The van der Waals surface area contributed by atoms with Crippen molar-refractivity contribution in [3.05, 3.63) is 65.6 Å². The molecule has 4 rings (SSSR count). The zero-order valence-electron chi connectivity index (χ0n) is 19.0. The number of pyridine rings is 1. The van der Waals surface area contributed by atoms with E-state index in [-0.39, 0.29) is 12.3 Å². The fourth-order valence-electron chi connectivity index (χ4n) is 4.64. The van der Waals surface area contributed by atoms with Gasteiger partial charge in [-0.15, -0.1) is 0 Å². The zero-order chi connectivity index (χ0) is 23.2. The number of ether oxygens (including phenoxy) is 1. The predicted molar refractivity (Wildman–Crippen MR) is 126 cm³/mol. The van der Waals surface area contributed by atoms with Crippen LogP contribution in [0.25, 0.3) is 5.65 Å². The minimum Gasteiger partial charge on any atom is -0.489 e. The maximum atomic E-state index is 13.2. The number of amides is 1. The van der Waals surface area contributed by atoms with Crippen molar-refractivity contribution in [1.29, 1.82) is 0 Å². The van der Waals surface area contributed by atoms with Crippen molar-refractivity contribution in [2.75, 3.05) is 6.61 Å². The van der Waals surface area contributed by atoms with Crippen molar-refractivity contribution in [2.45, 2.75) is 57.9 Å². The normalized spacial score (nSPS) is 15.3. The zero-order valence-corrected chi connectivity index (χ0v) is 19.0. The average Bonchev–Trinajstić information content (AvgIpc) is 3.15. The third kappa shape index (κ3) is 5.72. The van der Waals surface area contributed by atoms with Gasteiger partial charge in [-0.2, -0.15) is 0 Å². The van der Waals surface area contributed by atoms with Crippen molar-refractivity contribution in [1.82, 2.24) is 14.7 Å². The molecule has 2 heterocycles. The molecule has 1 saturated carbocycles. The number of rotatable bonds is 9. The van der Waals surface area contributed by atoms with Crippen LogP contribution in [0, 0.1) is 12.8 Å². The monoisotopic (exact) mass is 449 g/mol. The van der Waals surface area contributed by atoms with E-state index in [0.717, 1.165) is 5.56 Å². The standard InChI is InChI=1S/C26H31N3O4/c1-18-24(26(32)28-21(16-23(30)31)15-19-9-4-2-5-10-19)29-14-8-13-22(25(29)27-18)33-17-20-11-6-3-7-12-20/h2,4-5,8-10,13-14,20-21H,3,6-7,11-12,15-17H2,1H3,(H,28,32)(H,30,31)/t21-/m1/s1. The van der Waals surface area contributed by atoms with Crippen molar-refractivity contribution < 1.29 is 19.4 Å². The van der Waals surface area contributed by atoms with Gasteiger partial charge in [0.05, 0.1) is 18.7 Å². The number of nitrogens with one attached hydrogen (secondary N) is 1.